The molecule has 0 aromatic heterocycles. The van der Waals surface area contributed by atoms with Crippen LogP contribution < -0.4 is 0 Å². The van der Waals surface area contributed by atoms with Crippen molar-refractivity contribution in [1.29, 1.82) is 0 Å². The predicted molar refractivity (Wildman–Crippen MR) is 36.8 cm³/mol. The van der Waals surface area contributed by atoms with Gasteiger partial charge in [-0.15, -0.1) is 0 Å². The van der Waals surface area contributed by atoms with Crippen molar-refractivity contribution in [1.82, 2.24) is 0 Å². The highest BCUT2D eigenvalue weighted by Crippen LogP contribution is 2.31. The van der Waals surface area contributed by atoms with E-state index < -0.39 is 9.36 Å². The summed E-state index contributed by atoms with van der Waals surface area (Å²) < 4.78 is -1.44. The van der Waals surface area contributed by atoms with Crippen LogP contribution in [0, 0.1) is 0 Å². The van der Waals surface area contributed by atoms with Gasteiger partial charge in [0.15, 0.2) is 3.79 Å². The maximum absolute atomic E-state index is 8.40. The summed E-state index contributed by atoms with van der Waals surface area (Å²) in [4.78, 5) is 0. The predicted octanol–water partition coefficient (Wildman–Crippen LogP) is 2.30. The van der Waals surface area contributed by atoms with Crippen LogP contribution in [0.3, 0.4) is 0 Å². The number of hydrogen-bond acceptors (Lipinski definition) is 1. The van der Waals surface area contributed by atoms with E-state index in [9.17, 15) is 0 Å². The molecule has 8 heavy (non-hydrogen) atoms. The van der Waals surface area contributed by atoms with E-state index >= 15 is 0 Å². The topological polar surface area (TPSA) is 20.2 Å². The van der Waals surface area contributed by atoms with Crippen LogP contribution in [0.2, 0.25) is 0 Å². The lowest BCUT2D eigenvalue weighted by atomic mass is 10.5. The first-order valence-electron chi connectivity index (χ1n) is 1.81. The van der Waals surface area contributed by atoms with Crippen LogP contribution in [0.25, 0.3) is 0 Å². The van der Waals surface area contributed by atoms with Gasteiger partial charge in [-0.25, -0.2) is 0 Å². The van der Waals surface area contributed by atoms with Gasteiger partial charge in [0.2, 0.25) is 0 Å². The quantitative estimate of drug-likeness (QED) is 0.640. The minimum Gasteiger partial charge on any atom is -0.378 e. The summed E-state index contributed by atoms with van der Waals surface area (Å²) in [6.07, 6.45) is -0.0563. The highest BCUT2D eigenvalue weighted by molar-refractivity contribution is 6.67. The molecule has 0 fully saturated rings. The molecule has 0 radical (unpaired) electrons. The third kappa shape index (κ3) is 7.12. The lowest BCUT2D eigenvalue weighted by Crippen LogP contribution is -2.10. The zero-order chi connectivity index (χ0) is 6.78. The van der Waals surface area contributed by atoms with Gasteiger partial charge in [0, 0.05) is 6.42 Å². The highest BCUT2D eigenvalue weighted by atomic mass is 35.6. The molecule has 0 amide bonds. The van der Waals surface area contributed by atoms with E-state index in [2.05, 4.69) is 0 Å². The van der Waals surface area contributed by atoms with Gasteiger partial charge < -0.3 is 5.11 Å². The molecule has 50 valence electrons. The van der Waals surface area contributed by atoms with Crippen LogP contribution in [0.4, 0.5) is 0 Å². The largest absolute Gasteiger partial charge is 0.378 e. The van der Waals surface area contributed by atoms with Crippen LogP contribution in [0.15, 0.2) is 0 Å². The number of aliphatic hydroxyl groups excluding tert-OH is 1. The Balaban J connectivity index is 3.39. The number of alkyl halides is 4. The SMILES string of the molecule is OC(Cl)CC(Cl)(Cl)Cl. The zero-order valence-electron chi connectivity index (χ0n) is 3.74. The molecule has 1 atom stereocenters. The highest BCUT2D eigenvalue weighted by Gasteiger charge is 2.22. The molecule has 0 aromatic rings. The third-order valence-corrected chi connectivity index (χ3v) is 1.02. The molecule has 5 heteroatoms. The van der Waals surface area contributed by atoms with Crippen LogP contribution in [0.5, 0.6) is 0 Å². The second kappa shape index (κ2) is 3.33. The molecule has 1 N–H and O–H groups in total. The van der Waals surface area contributed by atoms with E-state index in [-0.39, 0.29) is 6.42 Å². The van der Waals surface area contributed by atoms with Gasteiger partial charge in [0.25, 0.3) is 0 Å². The fourth-order valence-corrected chi connectivity index (χ4v) is 1.10. The average Bonchev–Trinajstić information content (AvgIpc) is 1.21. The first kappa shape index (κ1) is 9.12. The fraction of sp³-hybridized carbons (Fsp3) is 1.00. The third-order valence-electron chi connectivity index (χ3n) is 0.400. The van der Waals surface area contributed by atoms with Crippen LogP contribution in [0.1, 0.15) is 6.42 Å². The van der Waals surface area contributed by atoms with Crippen molar-refractivity contribution in [3.63, 3.8) is 0 Å². The average molecular weight is 198 g/mol. The van der Waals surface area contributed by atoms with Crippen molar-refractivity contribution in [2.24, 2.45) is 0 Å². The van der Waals surface area contributed by atoms with E-state index in [1.165, 1.54) is 0 Å². The molecule has 0 saturated heterocycles. The van der Waals surface area contributed by atoms with E-state index in [1.807, 2.05) is 0 Å². The molecular weight excluding hydrogens is 194 g/mol. The number of aliphatic hydroxyl groups is 1. The Hall–Kier alpha value is 1.12. The number of halogens is 4. The van der Waals surface area contributed by atoms with Crippen molar-refractivity contribution >= 4 is 46.4 Å². The Morgan fingerprint density at radius 3 is 1.75 bits per heavy atom. The summed E-state index contributed by atoms with van der Waals surface area (Å²) in [5.41, 5.74) is -1.08. The fourth-order valence-electron chi connectivity index (χ4n) is 0.191. The molecule has 0 bridgehead atoms. The minimum atomic E-state index is -1.44. The summed E-state index contributed by atoms with van der Waals surface area (Å²) in [5.74, 6) is 0. The number of hydrogen-bond donors (Lipinski definition) is 1. The molecule has 1 unspecified atom stereocenters. The van der Waals surface area contributed by atoms with Crippen molar-refractivity contribution in [2.75, 3.05) is 0 Å². The van der Waals surface area contributed by atoms with Crippen molar-refractivity contribution < 1.29 is 5.11 Å². The van der Waals surface area contributed by atoms with Gasteiger partial charge >= 0.3 is 0 Å². The summed E-state index contributed by atoms with van der Waals surface area (Å²) in [6, 6.07) is 0. The molecular formula is C3H4Cl4O. The monoisotopic (exact) mass is 196 g/mol. The van der Waals surface area contributed by atoms with Gasteiger partial charge in [-0.05, 0) is 0 Å². The second-order valence-corrected chi connectivity index (χ2v) is 4.27. The first-order chi connectivity index (χ1) is 3.42. The molecule has 0 aliphatic heterocycles. The Labute approximate surface area is 67.5 Å². The zero-order valence-corrected chi connectivity index (χ0v) is 6.77. The van der Waals surface area contributed by atoms with Crippen LogP contribution >= 0.6 is 46.4 Å². The smallest absolute Gasteiger partial charge is 0.194 e. The van der Waals surface area contributed by atoms with Gasteiger partial charge in [-0.3, -0.25) is 0 Å². The second-order valence-electron chi connectivity index (χ2n) is 1.25. The molecule has 0 aliphatic rings. The Morgan fingerprint density at radius 1 is 1.38 bits per heavy atom. The van der Waals surface area contributed by atoms with E-state index in [0.29, 0.717) is 0 Å². The Bertz CT molecular complexity index is 66.2. The van der Waals surface area contributed by atoms with E-state index in [1.54, 1.807) is 0 Å². The van der Waals surface area contributed by atoms with E-state index in [0.717, 1.165) is 0 Å². The molecule has 0 aliphatic carbocycles. The molecule has 0 heterocycles. The molecule has 1 nitrogen and oxygen atoms in total. The first-order valence-corrected chi connectivity index (χ1v) is 3.38. The lowest BCUT2D eigenvalue weighted by molar-refractivity contribution is 0.247. The Kier molecular flexibility index (Phi) is 3.79. The van der Waals surface area contributed by atoms with Crippen LogP contribution in [-0.4, -0.2) is 14.5 Å². The lowest BCUT2D eigenvalue weighted by Gasteiger charge is -2.09. The maximum atomic E-state index is 8.40. The van der Waals surface area contributed by atoms with Gasteiger partial charge in [0.1, 0.15) is 5.56 Å². The maximum Gasteiger partial charge on any atom is 0.194 e. The summed E-state index contributed by atoms with van der Waals surface area (Å²) in [7, 11) is 0. The van der Waals surface area contributed by atoms with Gasteiger partial charge in [-0.2, -0.15) is 0 Å². The van der Waals surface area contributed by atoms with Gasteiger partial charge in [-0.1, -0.05) is 46.4 Å². The molecule has 0 saturated carbocycles. The molecule has 0 rings (SSSR count). The van der Waals surface area contributed by atoms with Crippen molar-refractivity contribution in [3.8, 4) is 0 Å². The standard InChI is InChI=1S/C3H4Cl4O/c4-2(8)1-3(5,6)7/h2,8H,1H2. The summed E-state index contributed by atoms with van der Waals surface area (Å²) >= 11 is 20.7. The molecule has 0 aromatic carbocycles. The molecule has 0 spiro atoms. The Morgan fingerprint density at radius 2 is 1.75 bits per heavy atom. The van der Waals surface area contributed by atoms with Gasteiger partial charge in [0.05, 0.1) is 0 Å². The number of rotatable bonds is 1. The van der Waals surface area contributed by atoms with Crippen molar-refractivity contribution in [2.45, 2.75) is 15.8 Å². The van der Waals surface area contributed by atoms with Crippen LogP contribution in [-0.2, 0) is 0 Å². The van der Waals surface area contributed by atoms with E-state index in [4.69, 9.17) is 51.5 Å². The normalized spacial score (nSPS) is 16.1. The summed E-state index contributed by atoms with van der Waals surface area (Å²) in [6.45, 7) is 0. The summed E-state index contributed by atoms with van der Waals surface area (Å²) in [5, 5.41) is 8.40. The van der Waals surface area contributed by atoms with Crippen molar-refractivity contribution in [3.05, 3.63) is 0 Å². The minimum absolute atomic E-state index is 0.0563.